The Kier molecular flexibility index (Phi) is 5.66. The molecule has 7 heteroatoms. The maximum absolute atomic E-state index is 13.0. The number of rotatable bonds is 6. The van der Waals surface area contributed by atoms with Crippen LogP contribution in [0.1, 0.15) is 16.2 Å². The first-order valence-corrected chi connectivity index (χ1v) is 9.72. The van der Waals surface area contributed by atoms with Crippen molar-refractivity contribution in [1.82, 2.24) is 14.8 Å². The third-order valence-corrected chi connectivity index (χ3v) is 4.78. The average molecular weight is 414 g/mol. The van der Waals surface area contributed by atoms with E-state index in [1.54, 1.807) is 30.0 Å². The molecule has 31 heavy (non-hydrogen) atoms. The maximum atomic E-state index is 13.0. The minimum Gasteiger partial charge on any atom is -0.497 e. The lowest BCUT2D eigenvalue weighted by atomic mass is 10.2. The standard InChI is InChI=1S/C24H22N4O3/c1-16-9-11-18(12-10-16)28-23(17-7-5-4-6-8-17)26-22(27-28)24(29)25-20-14-13-19(30-2)15-21(20)31-3/h4-15H,1-3H3,(H,25,29). The van der Waals surface area contributed by atoms with Gasteiger partial charge in [-0.2, -0.15) is 0 Å². The van der Waals surface area contributed by atoms with Crippen molar-refractivity contribution in [1.29, 1.82) is 0 Å². The Morgan fingerprint density at radius 1 is 0.935 bits per heavy atom. The summed E-state index contributed by atoms with van der Waals surface area (Å²) < 4.78 is 12.2. The Morgan fingerprint density at radius 2 is 1.68 bits per heavy atom. The molecule has 0 spiro atoms. The third-order valence-electron chi connectivity index (χ3n) is 4.78. The smallest absolute Gasteiger partial charge is 0.295 e. The molecular formula is C24H22N4O3. The van der Waals surface area contributed by atoms with Crippen LogP contribution in [0.3, 0.4) is 0 Å². The molecule has 0 aliphatic rings. The Hall–Kier alpha value is -4.13. The monoisotopic (exact) mass is 414 g/mol. The van der Waals surface area contributed by atoms with E-state index in [1.165, 1.54) is 7.11 Å². The van der Waals surface area contributed by atoms with Crippen molar-refractivity contribution >= 4 is 11.6 Å². The first kappa shape index (κ1) is 20.2. The maximum Gasteiger partial charge on any atom is 0.295 e. The molecule has 0 bridgehead atoms. The van der Waals surface area contributed by atoms with Crippen LogP contribution in [0.25, 0.3) is 17.1 Å². The number of hydrogen-bond donors (Lipinski definition) is 1. The van der Waals surface area contributed by atoms with E-state index in [0.717, 1.165) is 16.8 Å². The van der Waals surface area contributed by atoms with Crippen LogP contribution in [0.15, 0.2) is 72.8 Å². The van der Waals surface area contributed by atoms with Gasteiger partial charge >= 0.3 is 0 Å². The van der Waals surface area contributed by atoms with Gasteiger partial charge in [-0.05, 0) is 31.2 Å². The molecule has 4 rings (SSSR count). The number of benzene rings is 3. The summed E-state index contributed by atoms with van der Waals surface area (Å²) in [5.41, 5.74) is 3.31. The van der Waals surface area contributed by atoms with Crippen molar-refractivity contribution in [3.63, 3.8) is 0 Å². The lowest BCUT2D eigenvalue weighted by Crippen LogP contribution is -2.15. The van der Waals surface area contributed by atoms with Gasteiger partial charge in [0.05, 0.1) is 25.6 Å². The Bertz CT molecular complexity index is 1200. The predicted octanol–water partition coefficient (Wildman–Crippen LogP) is 4.51. The van der Waals surface area contributed by atoms with Crippen LogP contribution in [-0.4, -0.2) is 34.9 Å². The zero-order chi connectivity index (χ0) is 21.8. The van der Waals surface area contributed by atoms with Gasteiger partial charge in [0.1, 0.15) is 11.5 Å². The van der Waals surface area contributed by atoms with Crippen LogP contribution in [0.4, 0.5) is 5.69 Å². The number of carbonyl (C=O) groups excluding carboxylic acids is 1. The van der Waals surface area contributed by atoms with E-state index < -0.39 is 5.91 Å². The Morgan fingerprint density at radius 3 is 2.35 bits per heavy atom. The SMILES string of the molecule is COc1ccc(NC(=O)c2nc(-c3ccccc3)n(-c3ccc(C)cc3)n2)c(OC)c1. The van der Waals surface area contributed by atoms with Crippen molar-refractivity contribution in [2.24, 2.45) is 0 Å². The quantitative estimate of drug-likeness (QED) is 0.502. The summed E-state index contributed by atoms with van der Waals surface area (Å²) in [5, 5.41) is 7.32. The summed E-state index contributed by atoms with van der Waals surface area (Å²) in [6, 6.07) is 22.7. The highest BCUT2D eigenvalue weighted by Gasteiger charge is 2.20. The number of nitrogens with zero attached hydrogens (tertiary/aromatic N) is 3. The van der Waals surface area contributed by atoms with E-state index in [0.29, 0.717) is 23.0 Å². The fourth-order valence-corrected chi connectivity index (χ4v) is 3.13. The fraction of sp³-hybridized carbons (Fsp3) is 0.125. The second-order valence-electron chi connectivity index (χ2n) is 6.89. The highest BCUT2D eigenvalue weighted by Crippen LogP contribution is 2.29. The average Bonchev–Trinajstić information content (AvgIpc) is 3.26. The minimum absolute atomic E-state index is 0.0531. The Balaban J connectivity index is 1.72. The number of hydrogen-bond acceptors (Lipinski definition) is 5. The van der Waals surface area contributed by atoms with Gasteiger partial charge < -0.3 is 14.8 Å². The molecule has 0 atom stereocenters. The zero-order valence-electron chi connectivity index (χ0n) is 17.5. The molecule has 4 aromatic rings. The van der Waals surface area contributed by atoms with Crippen LogP contribution in [0, 0.1) is 6.92 Å². The molecule has 1 aromatic heterocycles. The second-order valence-corrected chi connectivity index (χ2v) is 6.89. The number of carbonyl (C=O) groups is 1. The number of methoxy groups -OCH3 is 2. The third kappa shape index (κ3) is 4.25. The minimum atomic E-state index is -0.438. The highest BCUT2D eigenvalue weighted by atomic mass is 16.5. The summed E-state index contributed by atoms with van der Waals surface area (Å²) in [4.78, 5) is 17.5. The number of aryl methyl sites for hydroxylation is 1. The van der Waals surface area contributed by atoms with Gasteiger partial charge in [0, 0.05) is 11.6 Å². The Labute approximate surface area is 180 Å². The van der Waals surface area contributed by atoms with Gasteiger partial charge in [-0.1, -0.05) is 48.0 Å². The van der Waals surface area contributed by atoms with Crippen LogP contribution in [-0.2, 0) is 0 Å². The molecule has 0 saturated heterocycles. The lowest BCUT2D eigenvalue weighted by Gasteiger charge is -2.10. The molecule has 1 heterocycles. The summed E-state index contributed by atoms with van der Waals surface area (Å²) in [6.45, 7) is 2.02. The number of anilines is 1. The first-order valence-electron chi connectivity index (χ1n) is 9.72. The fourth-order valence-electron chi connectivity index (χ4n) is 3.13. The van der Waals surface area contributed by atoms with Crippen molar-refractivity contribution in [2.45, 2.75) is 6.92 Å². The number of nitrogens with one attached hydrogen (secondary N) is 1. The van der Waals surface area contributed by atoms with Gasteiger partial charge in [0.15, 0.2) is 5.82 Å². The zero-order valence-corrected chi connectivity index (χ0v) is 17.5. The van der Waals surface area contributed by atoms with Crippen LogP contribution >= 0.6 is 0 Å². The molecule has 1 N–H and O–H groups in total. The van der Waals surface area contributed by atoms with E-state index in [-0.39, 0.29) is 5.82 Å². The first-order chi connectivity index (χ1) is 15.1. The van der Waals surface area contributed by atoms with Crippen molar-refractivity contribution in [3.8, 4) is 28.6 Å². The van der Waals surface area contributed by atoms with E-state index in [2.05, 4.69) is 15.4 Å². The largest absolute Gasteiger partial charge is 0.497 e. The molecule has 3 aromatic carbocycles. The second kappa shape index (κ2) is 8.71. The molecule has 0 aliphatic carbocycles. The molecule has 0 saturated carbocycles. The molecule has 7 nitrogen and oxygen atoms in total. The predicted molar refractivity (Wildman–Crippen MR) is 119 cm³/mol. The van der Waals surface area contributed by atoms with Crippen LogP contribution in [0.5, 0.6) is 11.5 Å². The summed E-state index contributed by atoms with van der Waals surface area (Å²) >= 11 is 0. The number of aromatic nitrogens is 3. The van der Waals surface area contributed by atoms with Crippen molar-refractivity contribution < 1.29 is 14.3 Å². The van der Waals surface area contributed by atoms with E-state index in [1.807, 2.05) is 61.5 Å². The van der Waals surface area contributed by atoms with Gasteiger partial charge in [-0.3, -0.25) is 4.79 Å². The van der Waals surface area contributed by atoms with Crippen LogP contribution < -0.4 is 14.8 Å². The van der Waals surface area contributed by atoms with Gasteiger partial charge in [0.2, 0.25) is 5.82 Å². The van der Waals surface area contributed by atoms with Gasteiger partial charge in [-0.15, -0.1) is 5.10 Å². The molecular weight excluding hydrogens is 392 g/mol. The summed E-state index contributed by atoms with van der Waals surface area (Å²) in [6.07, 6.45) is 0. The lowest BCUT2D eigenvalue weighted by molar-refractivity contribution is 0.101. The van der Waals surface area contributed by atoms with Gasteiger partial charge in [-0.25, -0.2) is 9.67 Å². The van der Waals surface area contributed by atoms with E-state index >= 15 is 0 Å². The number of ether oxygens (including phenoxy) is 2. The van der Waals surface area contributed by atoms with Gasteiger partial charge in [0.25, 0.3) is 5.91 Å². The normalized spacial score (nSPS) is 10.5. The summed E-state index contributed by atoms with van der Waals surface area (Å²) in [5.74, 6) is 1.30. The van der Waals surface area contributed by atoms with Crippen molar-refractivity contribution in [2.75, 3.05) is 19.5 Å². The molecule has 0 unspecified atom stereocenters. The van der Waals surface area contributed by atoms with Crippen LogP contribution in [0.2, 0.25) is 0 Å². The molecule has 0 fully saturated rings. The topological polar surface area (TPSA) is 78.3 Å². The van der Waals surface area contributed by atoms with E-state index in [4.69, 9.17) is 9.47 Å². The van der Waals surface area contributed by atoms with E-state index in [9.17, 15) is 4.79 Å². The number of amides is 1. The molecule has 0 aliphatic heterocycles. The highest BCUT2D eigenvalue weighted by molar-refractivity contribution is 6.02. The summed E-state index contributed by atoms with van der Waals surface area (Å²) in [7, 11) is 3.10. The molecule has 1 amide bonds. The molecule has 0 radical (unpaired) electrons. The van der Waals surface area contributed by atoms with Crippen molar-refractivity contribution in [3.05, 3.63) is 84.2 Å². The molecule has 156 valence electrons.